The second-order valence-electron chi connectivity index (χ2n) is 14.9. The van der Waals surface area contributed by atoms with Crippen LogP contribution in [0, 0.1) is 13.8 Å². The normalized spacial score (nSPS) is 11.8. The van der Waals surface area contributed by atoms with Gasteiger partial charge in [-0.05, 0) is 98.8 Å². The molecular formula is C54H37NO. The first-order valence-electron chi connectivity index (χ1n) is 19.4. The van der Waals surface area contributed by atoms with E-state index in [1.165, 1.54) is 70.9 Å². The lowest BCUT2D eigenvalue weighted by atomic mass is 9.85. The lowest BCUT2D eigenvalue weighted by Gasteiger charge is -2.29. The molecule has 0 atom stereocenters. The van der Waals surface area contributed by atoms with Crippen LogP contribution in [0.25, 0.3) is 87.3 Å². The summed E-state index contributed by atoms with van der Waals surface area (Å²) in [6, 6.07) is 68.4. The third-order valence-electron chi connectivity index (χ3n) is 11.7. The molecule has 1 aromatic heterocycles. The summed E-state index contributed by atoms with van der Waals surface area (Å²) in [5.74, 6) is 0. The predicted molar refractivity (Wildman–Crippen MR) is 239 cm³/mol. The average molecular weight is 716 g/mol. The van der Waals surface area contributed by atoms with Crippen molar-refractivity contribution in [3.05, 3.63) is 199 Å². The fourth-order valence-electron chi connectivity index (χ4n) is 9.12. The van der Waals surface area contributed by atoms with Crippen LogP contribution in [0.5, 0.6) is 0 Å². The highest BCUT2D eigenvalue weighted by molar-refractivity contribution is 6.24. The summed E-state index contributed by atoms with van der Waals surface area (Å²) in [4.78, 5) is 2.45. The minimum atomic E-state index is 0.909. The van der Waals surface area contributed by atoms with Crippen LogP contribution in [-0.2, 0) is 0 Å². The van der Waals surface area contributed by atoms with Crippen LogP contribution >= 0.6 is 0 Å². The van der Waals surface area contributed by atoms with E-state index in [4.69, 9.17) is 4.42 Å². The average Bonchev–Trinajstić information content (AvgIpc) is 3.64. The van der Waals surface area contributed by atoms with E-state index >= 15 is 0 Å². The monoisotopic (exact) mass is 715 g/mol. The molecule has 0 spiro atoms. The van der Waals surface area contributed by atoms with E-state index in [9.17, 15) is 0 Å². The van der Waals surface area contributed by atoms with E-state index in [1.54, 1.807) is 0 Å². The molecule has 10 aromatic carbocycles. The number of para-hydroxylation sites is 2. The second kappa shape index (κ2) is 12.7. The van der Waals surface area contributed by atoms with Crippen molar-refractivity contribution in [1.82, 2.24) is 0 Å². The molecular weight excluding hydrogens is 679 g/mol. The van der Waals surface area contributed by atoms with Gasteiger partial charge in [0.15, 0.2) is 0 Å². The molecule has 0 amide bonds. The summed E-state index contributed by atoms with van der Waals surface area (Å²) in [5.41, 5.74) is 12.5. The van der Waals surface area contributed by atoms with Crippen molar-refractivity contribution in [2.45, 2.75) is 13.8 Å². The van der Waals surface area contributed by atoms with Crippen LogP contribution in [0.15, 0.2) is 192 Å². The van der Waals surface area contributed by atoms with Gasteiger partial charge in [0.25, 0.3) is 0 Å². The fraction of sp³-hybridized carbons (Fsp3) is 0.0370. The number of anilines is 3. The number of hydrogen-bond acceptors (Lipinski definition) is 2. The fourth-order valence-corrected chi connectivity index (χ4v) is 9.12. The standard InChI is InChI=1S/C54H37NO/c1-34-26-32-49(40-16-5-3-14-38(34)40)55(50-33-27-35(2)39-15-4-6-17-41(39)50)37-30-28-36(29-31-37)52-43-19-7-9-21-45(43)53(46-22-10-8-20-44(46)52)48-24-13-23-47-42-18-11-12-25-51(42)56-54(47)48/h3-33H,1-2H3. The summed E-state index contributed by atoms with van der Waals surface area (Å²) in [7, 11) is 0. The molecule has 11 aromatic rings. The largest absolute Gasteiger partial charge is 0.455 e. The van der Waals surface area contributed by atoms with Gasteiger partial charge < -0.3 is 9.32 Å². The van der Waals surface area contributed by atoms with Crippen molar-refractivity contribution < 1.29 is 4.42 Å². The van der Waals surface area contributed by atoms with Gasteiger partial charge in [-0.2, -0.15) is 0 Å². The Hall–Kier alpha value is -7.16. The maximum absolute atomic E-state index is 6.62. The topological polar surface area (TPSA) is 16.4 Å². The van der Waals surface area contributed by atoms with Gasteiger partial charge in [0.05, 0.1) is 11.4 Å². The number of fused-ring (bicyclic) bond motifs is 7. The molecule has 0 aliphatic rings. The van der Waals surface area contributed by atoms with E-state index in [0.29, 0.717) is 0 Å². The summed E-state index contributed by atoms with van der Waals surface area (Å²) >= 11 is 0. The minimum Gasteiger partial charge on any atom is -0.455 e. The highest BCUT2D eigenvalue weighted by atomic mass is 16.3. The Bertz CT molecular complexity index is 3190. The third-order valence-corrected chi connectivity index (χ3v) is 11.7. The second-order valence-corrected chi connectivity index (χ2v) is 14.9. The van der Waals surface area contributed by atoms with Crippen LogP contribution in [0.2, 0.25) is 0 Å². The van der Waals surface area contributed by atoms with E-state index in [1.807, 2.05) is 6.07 Å². The Balaban J connectivity index is 1.14. The maximum Gasteiger partial charge on any atom is 0.143 e. The van der Waals surface area contributed by atoms with Gasteiger partial charge in [-0.15, -0.1) is 0 Å². The number of benzene rings is 10. The van der Waals surface area contributed by atoms with Gasteiger partial charge in [-0.1, -0.05) is 158 Å². The van der Waals surface area contributed by atoms with Gasteiger partial charge in [0.1, 0.15) is 11.2 Å². The molecule has 0 unspecified atom stereocenters. The summed E-state index contributed by atoms with van der Waals surface area (Å²) in [6.07, 6.45) is 0. The number of rotatable bonds is 5. The maximum atomic E-state index is 6.62. The first-order chi connectivity index (χ1) is 27.6. The van der Waals surface area contributed by atoms with E-state index in [2.05, 4.69) is 201 Å². The third kappa shape index (κ3) is 4.89. The van der Waals surface area contributed by atoms with Crippen molar-refractivity contribution >= 4 is 82.1 Å². The summed E-state index contributed by atoms with van der Waals surface area (Å²) < 4.78 is 6.62. The molecule has 2 heteroatoms. The van der Waals surface area contributed by atoms with E-state index < -0.39 is 0 Å². The molecule has 0 N–H and O–H groups in total. The van der Waals surface area contributed by atoms with Crippen molar-refractivity contribution in [1.29, 1.82) is 0 Å². The van der Waals surface area contributed by atoms with Gasteiger partial charge in [-0.25, -0.2) is 0 Å². The molecule has 0 fully saturated rings. The van der Waals surface area contributed by atoms with Crippen LogP contribution < -0.4 is 4.90 Å². The van der Waals surface area contributed by atoms with Crippen LogP contribution in [0.1, 0.15) is 11.1 Å². The van der Waals surface area contributed by atoms with Crippen molar-refractivity contribution in [2.24, 2.45) is 0 Å². The highest BCUT2D eigenvalue weighted by Gasteiger charge is 2.22. The van der Waals surface area contributed by atoms with Gasteiger partial charge in [0, 0.05) is 38.4 Å². The first-order valence-corrected chi connectivity index (χ1v) is 19.4. The molecule has 11 rings (SSSR count). The molecule has 0 radical (unpaired) electrons. The lowest BCUT2D eigenvalue weighted by Crippen LogP contribution is -2.11. The molecule has 264 valence electrons. The number of nitrogens with zero attached hydrogens (tertiary/aromatic N) is 1. The van der Waals surface area contributed by atoms with Gasteiger partial charge in [-0.3, -0.25) is 0 Å². The van der Waals surface area contributed by atoms with Crippen LogP contribution in [0.4, 0.5) is 17.1 Å². The zero-order chi connectivity index (χ0) is 37.3. The summed E-state index contributed by atoms with van der Waals surface area (Å²) in [6.45, 7) is 4.40. The molecule has 0 aliphatic heterocycles. The Morgan fingerprint density at radius 1 is 0.339 bits per heavy atom. The quantitative estimate of drug-likeness (QED) is 0.165. The molecule has 0 saturated heterocycles. The first kappa shape index (κ1) is 32.3. The van der Waals surface area contributed by atoms with Crippen molar-refractivity contribution in [2.75, 3.05) is 4.90 Å². The molecule has 56 heavy (non-hydrogen) atoms. The van der Waals surface area contributed by atoms with Crippen LogP contribution in [-0.4, -0.2) is 0 Å². The molecule has 1 heterocycles. The highest BCUT2D eigenvalue weighted by Crippen LogP contribution is 2.48. The molecule has 0 saturated carbocycles. The van der Waals surface area contributed by atoms with E-state index in [0.717, 1.165) is 44.6 Å². The van der Waals surface area contributed by atoms with Gasteiger partial charge >= 0.3 is 0 Å². The Morgan fingerprint density at radius 3 is 1.34 bits per heavy atom. The number of aryl methyl sites for hydroxylation is 2. The Morgan fingerprint density at radius 2 is 0.786 bits per heavy atom. The molecule has 0 bridgehead atoms. The summed E-state index contributed by atoms with van der Waals surface area (Å²) in [5, 5.41) is 12.1. The van der Waals surface area contributed by atoms with Crippen molar-refractivity contribution in [3.8, 4) is 22.3 Å². The number of hydrogen-bond donors (Lipinski definition) is 0. The zero-order valence-corrected chi connectivity index (χ0v) is 31.3. The van der Waals surface area contributed by atoms with Crippen molar-refractivity contribution in [3.63, 3.8) is 0 Å². The Labute approximate surface area is 325 Å². The van der Waals surface area contributed by atoms with Crippen LogP contribution in [0.3, 0.4) is 0 Å². The lowest BCUT2D eigenvalue weighted by molar-refractivity contribution is 0.670. The minimum absolute atomic E-state index is 0.909. The Kier molecular flexibility index (Phi) is 7.33. The number of furan rings is 1. The SMILES string of the molecule is Cc1ccc(N(c2ccc(-c3c4ccccc4c(-c4cccc5c4oc4ccccc45)c4ccccc34)cc2)c2ccc(C)c3ccccc23)c2ccccc12. The smallest absolute Gasteiger partial charge is 0.143 e. The zero-order valence-electron chi connectivity index (χ0n) is 31.3. The van der Waals surface area contributed by atoms with E-state index in [-0.39, 0.29) is 0 Å². The van der Waals surface area contributed by atoms with Gasteiger partial charge in [0.2, 0.25) is 0 Å². The molecule has 2 nitrogen and oxygen atoms in total. The molecule has 0 aliphatic carbocycles. The predicted octanol–water partition coefficient (Wildman–Crippen LogP) is 15.6.